The Morgan fingerprint density at radius 3 is 1.57 bits per heavy atom. The molecule has 3 heterocycles. The molecule has 10 heteroatoms. The van der Waals surface area contributed by atoms with Gasteiger partial charge in [-0.05, 0) is 13.8 Å². The van der Waals surface area contributed by atoms with Crippen molar-refractivity contribution in [3.8, 4) is 0 Å². The quantitative estimate of drug-likeness (QED) is 0.680. The molecule has 2 atom stereocenters. The molecule has 0 N–H and O–H groups in total. The lowest BCUT2D eigenvalue weighted by Gasteiger charge is -2.18. The fraction of sp³-hybridized carbons (Fsp3) is 1.00. The Morgan fingerprint density at radius 2 is 1.19 bits per heavy atom. The van der Waals surface area contributed by atoms with E-state index in [2.05, 4.69) is 0 Å². The first kappa shape index (κ1) is 16.4. The summed E-state index contributed by atoms with van der Waals surface area (Å²) in [5, 5.41) is 0. The summed E-state index contributed by atoms with van der Waals surface area (Å²) >= 11 is 0. The van der Waals surface area contributed by atoms with Gasteiger partial charge >= 0.3 is 17.2 Å². The van der Waals surface area contributed by atoms with E-state index in [-0.39, 0.29) is 12.2 Å². The van der Waals surface area contributed by atoms with Crippen LogP contribution in [0.4, 0.5) is 0 Å². The van der Waals surface area contributed by atoms with Crippen LogP contribution in [-0.2, 0) is 36.6 Å². The first-order valence-electron chi connectivity index (χ1n) is 6.86. The number of hydrogen-bond acceptors (Lipinski definition) is 8. The van der Waals surface area contributed by atoms with E-state index < -0.39 is 23.0 Å². The van der Waals surface area contributed by atoms with E-state index in [0.29, 0.717) is 39.6 Å². The van der Waals surface area contributed by atoms with E-state index in [1.54, 1.807) is 0 Å². The zero-order valence-electron chi connectivity index (χ0n) is 12.1. The van der Waals surface area contributed by atoms with Gasteiger partial charge in [-0.1, -0.05) is 0 Å². The van der Waals surface area contributed by atoms with Crippen LogP contribution in [0.2, 0.25) is 0 Å². The lowest BCUT2D eigenvalue weighted by molar-refractivity contribution is -0.150. The molecule has 0 amide bonds. The average Bonchev–Trinajstić information content (AvgIpc) is 3.15. The average molecular weight is 342 g/mol. The van der Waals surface area contributed by atoms with Crippen LogP contribution in [0.1, 0.15) is 13.8 Å². The van der Waals surface area contributed by atoms with Crippen LogP contribution in [0.25, 0.3) is 0 Å². The smallest absolute Gasteiger partial charge is 0.332 e. The van der Waals surface area contributed by atoms with Gasteiger partial charge < -0.3 is 36.6 Å². The summed E-state index contributed by atoms with van der Waals surface area (Å²) in [6, 6.07) is 0. The highest BCUT2D eigenvalue weighted by Gasteiger charge is 2.43. The zero-order chi connectivity index (χ0) is 14.7. The highest BCUT2D eigenvalue weighted by molar-refractivity contribution is 7.42. The topological polar surface area (TPSA) is 73.8 Å². The number of ether oxygens (including phenoxy) is 2. The monoisotopic (exact) mass is 342 g/mol. The Bertz CT molecular complexity index is 302. The summed E-state index contributed by atoms with van der Waals surface area (Å²) in [5.41, 5.74) is 0. The van der Waals surface area contributed by atoms with Crippen molar-refractivity contribution in [3.63, 3.8) is 0 Å². The Hall–Kier alpha value is 0.540. The molecule has 0 aromatic rings. The standard InChI is InChI=1S/C11H20O8P2/c1-11(2)18-9(7-16-20-12-3-4-13-20)10(19-11)8-17-21-14-5-6-15-21/h9-10H,3-8H2,1-2H3/t9-,10-/m0/s1. The van der Waals surface area contributed by atoms with Crippen molar-refractivity contribution in [1.29, 1.82) is 0 Å². The van der Waals surface area contributed by atoms with Crippen molar-refractivity contribution >= 4 is 17.2 Å². The van der Waals surface area contributed by atoms with Gasteiger partial charge in [-0.2, -0.15) is 0 Å². The third kappa shape index (κ3) is 4.75. The van der Waals surface area contributed by atoms with Gasteiger partial charge in [0.15, 0.2) is 5.79 Å². The van der Waals surface area contributed by atoms with Gasteiger partial charge in [0.05, 0.1) is 39.6 Å². The molecule has 0 aromatic heterocycles. The molecule has 122 valence electrons. The minimum absolute atomic E-state index is 0.243. The van der Waals surface area contributed by atoms with Crippen LogP contribution >= 0.6 is 17.2 Å². The Labute approximate surface area is 126 Å². The van der Waals surface area contributed by atoms with Gasteiger partial charge in [-0.25, -0.2) is 0 Å². The molecule has 21 heavy (non-hydrogen) atoms. The van der Waals surface area contributed by atoms with Crippen molar-refractivity contribution in [2.45, 2.75) is 31.8 Å². The maximum atomic E-state index is 5.83. The largest absolute Gasteiger partial charge is 0.342 e. The highest BCUT2D eigenvalue weighted by Crippen LogP contribution is 2.46. The van der Waals surface area contributed by atoms with Crippen molar-refractivity contribution in [2.75, 3.05) is 39.6 Å². The summed E-state index contributed by atoms with van der Waals surface area (Å²) in [4.78, 5) is 0. The molecule has 0 saturated carbocycles. The van der Waals surface area contributed by atoms with Crippen molar-refractivity contribution in [3.05, 3.63) is 0 Å². The molecule has 0 bridgehead atoms. The molecule has 3 rings (SSSR count). The van der Waals surface area contributed by atoms with Crippen LogP contribution in [0.15, 0.2) is 0 Å². The van der Waals surface area contributed by atoms with Gasteiger partial charge in [-0.15, -0.1) is 0 Å². The van der Waals surface area contributed by atoms with E-state index in [1.807, 2.05) is 13.8 Å². The van der Waals surface area contributed by atoms with Crippen molar-refractivity contribution < 1.29 is 36.6 Å². The maximum Gasteiger partial charge on any atom is 0.332 e. The second-order valence-corrected chi connectivity index (χ2v) is 7.53. The minimum atomic E-state index is -1.25. The van der Waals surface area contributed by atoms with Gasteiger partial charge in [-0.3, -0.25) is 0 Å². The summed E-state index contributed by atoms with van der Waals surface area (Å²) in [5.74, 6) is -0.669. The predicted molar refractivity (Wildman–Crippen MR) is 73.4 cm³/mol. The first-order chi connectivity index (χ1) is 10.1. The highest BCUT2D eigenvalue weighted by atomic mass is 31.2. The molecule has 0 spiro atoms. The van der Waals surface area contributed by atoms with Gasteiger partial charge in [0.1, 0.15) is 12.2 Å². The molecule has 8 nitrogen and oxygen atoms in total. The molecule has 3 aliphatic rings. The van der Waals surface area contributed by atoms with E-state index in [4.69, 9.17) is 36.6 Å². The second kappa shape index (κ2) is 7.41. The van der Waals surface area contributed by atoms with Gasteiger partial charge in [0.2, 0.25) is 0 Å². The molecule has 0 aromatic carbocycles. The van der Waals surface area contributed by atoms with Crippen molar-refractivity contribution in [2.24, 2.45) is 0 Å². The molecule has 0 unspecified atom stereocenters. The summed E-state index contributed by atoms with van der Waals surface area (Å²) in [6.07, 6.45) is -0.485. The zero-order valence-corrected chi connectivity index (χ0v) is 13.8. The van der Waals surface area contributed by atoms with E-state index in [1.165, 1.54) is 0 Å². The summed E-state index contributed by atoms with van der Waals surface area (Å²) in [7, 11) is -2.50. The molecular formula is C11H20O8P2. The molecule has 3 saturated heterocycles. The Morgan fingerprint density at radius 1 is 0.810 bits per heavy atom. The Kier molecular flexibility index (Phi) is 5.78. The van der Waals surface area contributed by atoms with E-state index in [9.17, 15) is 0 Å². The van der Waals surface area contributed by atoms with Crippen LogP contribution < -0.4 is 0 Å². The van der Waals surface area contributed by atoms with Crippen LogP contribution in [0.5, 0.6) is 0 Å². The fourth-order valence-corrected chi connectivity index (χ4v) is 4.01. The van der Waals surface area contributed by atoms with Gasteiger partial charge in [0.25, 0.3) is 0 Å². The fourth-order valence-electron chi connectivity index (χ4n) is 2.13. The lowest BCUT2D eigenvalue weighted by Crippen LogP contribution is -2.30. The maximum absolute atomic E-state index is 5.83. The normalized spacial score (nSPS) is 34.0. The molecule has 3 fully saturated rings. The van der Waals surface area contributed by atoms with Crippen LogP contribution in [0, 0.1) is 0 Å². The minimum Gasteiger partial charge on any atom is -0.342 e. The van der Waals surface area contributed by atoms with E-state index >= 15 is 0 Å². The second-order valence-electron chi connectivity index (χ2n) is 5.08. The molecule has 0 radical (unpaired) electrons. The summed E-state index contributed by atoms with van der Waals surface area (Å²) in [6.45, 7) is 6.69. The predicted octanol–water partition coefficient (Wildman–Crippen LogP) is 2.09. The molecule has 0 aliphatic carbocycles. The van der Waals surface area contributed by atoms with Gasteiger partial charge in [0, 0.05) is 0 Å². The molecular weight excluding hydrogens is 322 g/mol. The Balaban J connectivity index is 1.46. The van der Waals surface area contributed by atoms with Crippen molar-refractivity contribution in [1.82, 2.24) is 0 Å². The number of rotatable bonds is 6. The van der Waals surface area contributed by atoms with Crippen LogP contribution in [0.3, 0.4) is 0 Å². The molecule has 3 aliphatic heterocycles. The lowest BCUT2D eigenvalue weighted by atomic mass is 10.2. The van der Waals surface area contributed by atoms with E-state index in [0.717, 1.165) is 0 Å². The summed E-state index contributed by atoms with van der Waals surface area (Å²) < 4.78 is 44.0. The number of hydrogen-bond donors (Lipinski definition) is 0. The third-order valence-corrected chi connectivity index (χ3v) is 5.22. The SMILES string of the molecule is CC1(C)O[C@@H](COP2OCCO2)[C@H](COP2OCCO2)O1. The van der Waals surface area contributed by atoms with Crippen LogP contribution in [-0.4, -0.2) is 57.6 Å². The third-order valence-electron chi connectivity index (χ3n) is 2.93. The first-order valence-corrected chi connectivity index (χ1v) is 9.05.